The van der Waals surface area contributed by atoms with Gasteiger partial charge in [0, 0.05) is 0 Å². The molecule has 0 saturated heterocycles. The summed E-state index contributed by atoms with van der Waals surface area (Å²) in [7, 11) is 0. The summed E-state index contributed by atoms with van der Waals surface area (Å²) in [4.78, 5) is 23.6. The molecule has 0 radical (unpaired) electrons. The van der Waals surface area contributed by atoms with Crippen LogP contribution in [0.3, 0.4) is 0 Å². The van der Waals surface area contributed by atoms with Gasteiger partial charge in [-0.15, -0.1) is 0 Å². The van der Waals surface area contributed by atoms with Crippen LogP contribution in [-0.2, 0) is 20.9 Å². The van der Waals surface area contributed by atoms with Crippen LogP contribution in [0.15, 0.2) is 30.3 Å². The highest BCUT2D eigenvalue weighted by molar-refractivity contribution is 5.87. The number of carbonyl (C=O) groups excluding carboxylic acids is 1. The summed E-state index contributed by atoms with van der Waals surface area (Å²) in [5.41, 5.74) is 0.242. The normalized spacial score (nSPS) is 12.9. The summed E-state index contributed by atoms with van der Waals surface area (Å²) in [6.07, 6.45) is 0.405. The number of carbonyl (C=O) groups is 2. The van der Waals surface area contributed by atoms with Crippen LogP contribution >= 0.6 is 0 Å². The minimum absolute atomic E-state index is 0.189. The van der Waals surface area contributed by atoms with Gasteiger partial charge in [0.2, 0.25) is 5.91 Å². The predicted molar refractivity (Wildman–Crippen MR) is 88.9 cm³/mol. The van der Waals surface area contributed by atoms with Crippen LogP contribution in [0.25, 0.3) is 0 Å². The lowest BCUT2D eigenvalue weighted by Crippen LogP contribution is -2.48. The van der Waals surface area contributed by atoms with Gasteiger partial charge in [0.1, 0.15) is 6.04 Å². The summed E-state index contributed by atoms with van der Waals surface area (Å²) in [6.45, 7) is 8.00. The maximum atomic E-state index is 12.3. The summed E-state index contributed by atoms with van der Waals surface area (Å²) in [5, 5.41) is 11.8. The molecular weight excluding hydrogens is 294 g/mol. The third-order valence-electron chi connectivity index (χ3n) is 3.50. The fraction of sp³-hybridized carbons (Fsp3) is 0.556. The Morgan fingerprint density at radius 3 is 2.35 bits per heavy atom. The molecule has 0 bridgehead atoms. The van der Waals surface area contributed by atoms with Crippen LogP contribution < -0.4 is 5.32 Å². The number of hydrogen-bond acceptors (Lipinski definition) is 3. The molecule has 5 nitrogen and oxygen atoms in total. The van der Waals surface area contributed by atoms with Crippen LogP contribution in [-0.4, -0.2) is 29.6 Å². The van der Waals surface area contributed by atoms with Gasteiger partial charge >= 0.3 is 5.97 Å². The van der Waals surface area contributed by atoms with E-state index in [0.717, 1.165) is 5.56 Å². The number of carboxylic acids is 1. The fourth-order valence-corrected chi connectivity index (χ4v) is 2.11. The van der Waals surface area contributed by atoms with Crippen molar-refractivity contribution in [3.05, 3.63) is 35.9 Å². The first-order valence-electron chi connectivity index (χ1n) is 7.88. The molecule has 1 aromatic carbocycles. The van der Waals surface area contributed by atoms with E-state index in [0.29, 0.717) is 13.0 Å². The van der Waals surface area contributed by atoms with E-state index in [1.54, 1.807) is 13.8 Å². The van der Waals surface area contributed by atoms with Crippen LogP contribution in [0, 0.1) is 11.3 Å². The van der Waals surface area contributed by atoms with Crippen LogP contribution in [0.1, 0.15) is 39.7 Å². The van der Waals surface area contributed by atoms with Crippen molar-refractivity contribution in [3.63, 3.8) is 0 Å². The van der Waals surface area contributed by atoms with Crippen LogP contribution in [0.5, 0.6) is 0 Å². The molecule has 0 aliphatic rings. The lowest BCUT2D eigenvalue weighted by molar-refractivity contribution is -0.145. The molecule has 0 fully saturated rings. The van der Waals surface area contributed by atoms with Crippen LogP contribution in [0.4, 0.5) is 0 Å². The number of aliphatic carboxylic acids is 1. The van der Waals surface area contributed by atoms with Gasteiger partial charge in [0.25, 0.3) is 0 Å². The minimum atomic E-state index is -1.01. The predicted octanol–water partition coefficient (Wildman–Crippen LogP) is 2.84. The number of amides is 1. The van der Waals surface area contributed by atoms with Gasteiger partial charge in [-0.25, -0.2) is 4.79 Å². The molecule has 0 unspecified atom stereocenters. The molecule has 1 atom stereocenters. The fourth-order valence-electron chi connectivity index (χ4n) is 2.11. The van der Waals surface area contributed by atoms with E-state index >= 15 is 0 Å². The van der Waals surface area contributed by atoms with E-state index in [9.17, 15) is 14.7 Å². The molecular formula is C18H27NO4. The monoisotopic (exact) mass is 321 g/mol. The third kappa shape index (κ3) is 6.82. The number of hydrogen-bond donors (Lipinski definition) is 2. The smallest absolute Gasteiger partial charge is 0.326 e. The van der Waals surface area contributed by atoms with Crippen molar-refractivity contribution in [1.29, 1.82) is 0 Å². The largest absolute Gasteiger partial charge is 0.480 e. The zero-order chi connectivity index (χ0) is 17.5. The summed E-state index contributed by atoms with van der Waals surface area (Å²) < 4.78 is 5.62. The molecule has 0 aromatic heterocycles. The van der Waals surface area contributed by atoms with E-state index in [1.165, 1.54) is 0 Å². The third-order valence-corrected chi connectivity index (χ3v) is 3.50. The topological polar surface area (TPSA) is 75.6 Å². The second-order valence-electron chi connectivity index (χ2n) is 6.86. The van der Waals surface area contributed by atoms with Crippen LogP contribution in [0.2, 0.25) is 0 Å². The van der Waals surface area contributed by atoms with E-state index in [4.69, 9.17) is 4.74 Å². The van der Waals surface area contributed by atoms with Crippen molar-refractivity contribution < 1.29 is 19.4 Å². The number of carboxylic acid groups (broad SMARTS) is 1. The molecule has 0 aliphatic heterocycles. The van der Waals surface area contributed by atoms with Gasteiger partial charge in [-0.1, -0.05) is 44.2 Å². The van der Waals surface area contributed by atoms with E-state index in [2.05, 4.69) is 5.32 Å². The molecule has 1 aromatic rings. The maximum absolute atomic E-state index is 12.3. The second-order valence-corrected chi connectivity index (χ2v) is 6.86. The first-order valence-corrected chi connectivity index (χ1v) is 7.88. The lowest BCUT2D eigenvalue weighted by Gasteiger charge is -2.26. The second kappa shape index (κ2) is 8.67. The molecule has 1 amide bonds. The zero-order valence-corrected chi connectivity index (χ0v) is 14.3. The van der Waals surface area contributed by atoms with Crippen molar-refractivity contribution in [2.75, 3.05) is 6.61 Å². The Morgan fingerprint density at radius 2 is 1.83 bits per heavy atom. The Kier molecular flexibility index (Phi) is 7.23. The SMILES string of the molecule is CC(C)C[C@@H](NC(=O)C(C)(C)COCc1ccccc1)C(=O)O. The molecule has 0 aliphatic carbocycles. The quantitative estimate of drug-likeness (QED) is 0.733. The van der Waals surface area contributed by atoms with Gasteiger partial charge in [-0.3, -0.25) is 4.79 Å². The molecule has 1 rings (SSSR count). The number of rotatable bonds is 9. The summed E-state index contributed by atoms with van der Waals surface area (Å²) in [5.74, 6) is -1.12. The Labute approximate surface area is 138 Å². The molecule has 5 heteroatoms. The highest BCUT2D eigenvalue weighted by Crippen LogP contribution is 2.18. The van der Waals surface area contributed by atoms with Crippen molar-refractivity contribution in [2.45, 2.75) is 46.8 Å². The molecule has 0 heterocycles. The average molecular weight is 321 g/mol. The highest BCUT2D eigenvalue weighted by Gasteiger charge is 2.32. The van der Waals surface area contributed by atoms with Gasteiger partial charge in [0.15, 0.2) is 0 Å². The maximum Gasteiger partial charge on any atom is 0.326 e. The Morgan fingerprint density at radius 1 is 1.22 bits per heavy atom. The van der Waals surface area contributed by atoms with E-state index < -0.39 is 17.4 Å². The Bertz CT molecular complexity index is 511. The van der Waals surface area contributed by atoms with E-state index in [-0.39, 0.29) is 18.4 Å². The van der Waals surface area contributed by atoms with Crippen molar-refractivity contribution in [3.8, 4) is 0 Å². The molecule has 128 valence electrons. The summed E-state index contributed by atoms with van der Waals surface area (Å²) in [6, 6.07) is 8.84. The number of nitrogens with one attached hydrogen (secondary N) is 1. The van der Waals surface area contributed by atoms with Gasteiger partial charge in [-0.2, -0.15) is 0 Å². The number of ether oxygens (including phenoxy) is 1. The van der Waals surface area contributed by atoms with E-state index in [1.807, 2.05) is 44.2 Å². The average Bonchev–Trinajstić information content (AvgIpc) is 2.46. The summed E-state index contributed by atoms with van der Waals surface area (Å²) >= 11 is 0. The lowest BCUT2D eigenvalue weighted by atomic mass is 9.92. The molecule has 0 spiro atoms. The highest BCUT2D eigenvalue weighted by atomic mass is 16.5. The van der Waals surface area contributed by atoms with Crippen molar-refractivity contribution >= 4 is 11.9 Å². The first-order chi connectivity index (χ1) is 10.7. The minimum Gasteiger partial charge on any atom is -0.480 e. The molecule has 0 saturated carbocycles. The van der Waals surface area contributed by atoms with Gasteiger partial charge in [-0.05, 0) is 31.7 Å². The molecule has 23 heavy (non-hydrogen) atoms. The van der Waals surface area contributed by atoms with Crippen molar-refractivity contribution in [1.82, 2.24) is 5.32 Å². The van der Waals surface area contributed by atoms with Gasteiger partial charge < -0.3 is 15.2 Å². The Hall–Kier alpha value is -1.88. The number of benzene rings is 1. The van der Waals surface area contributed by atoms with Gasteiger partial charge in [0.05, 0.1) is 18.6 Å². The molecule has 2 N–H and O–H groups in total. The van der Waals surface area contributed by atoms with Crippen molar-refractivity contribution in [2.24, 2.45) is 11.3 Å². The first kappa shape index (κ1) is 19.2. The standard InChI is InChI=1S/C18H27NO4/c1-13(2)10-15(16(20)21)19-17(22)18(3,4)12-23-11-14-8-6-5-7-9-14/h5-9,13,15H,10-12H2,1-4H3,(H,19,22)(H,20,21)/t15-/m1/s1. The Balaban J connectivity index is 2.53. The zero-order valence-electron chi connectivity index (χ0n) is 14.3.